The molecule has 0 aromatic carbocycles. The molecule has 1 N–H and O–H groups in total. The maximum Gasteiger partial charge on any atom is 0.307 e. The second-order valence-electron chi connectivity index (χ2n) is 3.99. The molecule has 0 amide bonds. The molecule has 0 heterocycles. The number of nitrogens with one attached hydrogen (secondary N) is 1. The van der Waals surface area contributed by atoms with Crippen molar-refractivity contribution in [2.75, 3.05) is 13.2 Å². The summed E-state index contributed by atoms with van der Waals surface area (Å²) < 4.78 is 5.07. The molecule has 1 aliphatic rings. The topological polar surface area (TPSA) is 38.3 Å². The van der Waals surface area contributed by atoms with Gasteiger partial charge in [0.1, 0.15) is 0 Å². The Hall–Kier alpha value is -0.570. The Kier molecular flexibility index (Phi) is 4.22. The highest BCUT2D eigenvalue weighted by Gasteiger charge is 2.22. The lowest BCUT2D eigenvalue weighted by atomic mass is 10.3. The van der Waals surface area contributed by atoms with E-state index in [0.29, 0.717) is 25.0 Å². The molecular weight excluding hydrogens is 166 g/mol. The highest BCUT2D eigenvalue weighted by atomic mass is 16.5. The van der Waals surface area contributed by atoms with Crippen LogP contribution in [0.4, 0.5) is 0 Å². The predicted octanol–water partition coefficient (Wildman–Crippen LogP) is 1.33. The van der Waals surface area contributed by atoms with Gasteiger partial charge in [-0.05, 0) is 18.8 Å². The number of esters is 1. The van der Waals surface area contributed by atoms with E-state index in [0.717, 1.165) is 6.54 Å². The highest BCUT2D eigenvalue weighted by Crippen LogP contribution is 2.28. The third kappa shape index (κ3) is 5.64. The molecule has 76 valence electrons. The highest BCUT2D eigenvalue weighted by molar-refractivity contribution is 5.69. The molecule has 3 heteroatoms. The quantitative estimate of drug-likeness (QED) is 0.634. The van der Waals surface area contributed by atoms with E-state index in [-0.39, 0.29) is 5.97 Å². The minimum absolute atomic E-state index is 0.0694. The summed E-state index contributed by atoms with van der Waals surface area (Å²) in [6.45, 7) is 5.49. The Morgan fingerprint density at radius 2 is 2.23 bits per heavy atom. The number of carbonyl (C=O) groups excluding carboxylic acids is 1. The van der Waals surface area contributed by atoms with Gasteiger partial charge in [0.15, 0.2) is 0 Å². The van der Waals surface area contributed by atoms with E-state index in [9.17, 15) is 4.79 Å². The molecule has 0 aliphatic heterocycles. The average Bonchev–Trinajstić information content (AvgIpc) is 2.83. The van der Waals surface area contributed by atoms with E-state index in [4.69, 9.17) is 4.74 Å². The first-order chi connectivity index (χ1) is 6.18. The summed E-state index contributed by atoms with van der Waals surface area (Å²) in [5.41, 5.74) is 0. The van der Waals surface area contributed by atoms with Gasteiger partial charge >= 0.3 is 5.97 Å². The van der Waals surface area contributed by atoms with Crippen LogP contribution in [0.15, 0.2) is 0 Å². The van der Waals surface area contributed by atoms with E-state index < -0.39 is 0 Å². The summed E-state index contributed by atoms with van der Waals surface area (Å²) in [6, 6.07) is 0.441. The van der Waals surface area contributed by atoms with E-state index in [2.05, 4.69) is 19.2 Å². The molecule has 0 aromatic heterocycles. The van der Waals surface area contributed by atoms with Gasteiger partial charge in [-0.3, -0.25) is 4.79 Å². The zero-order chi connectivity index (χ0) is 9.68. The van der Waals surface area contributed by atoms with Crippen molar-refractivity contribution in [2.45, 2.75) is 39.2 Å². The van der Waals surface area contributed by atoms with Gasteiger partial charge in [-0.1, -0.05) is 13.8 Å². The summed E-state index contributed by atoms with van der Waals surface area (Å²) in [4.78, 5) is 11.1. The molecule has 0 atom stereocenters. The van der Waals surface area contributed by atoms with Crippen LogP contribution in [0.2, 0.25) is 0 Å². The molecule has 0 unspecified atom stereocenters. The fourth-order valence-electron chi connectivity index (χ4n) is 1.03. The van der Waals surface area contributed by atoms with Gasteiger partial charge in [0.25, 0.3) is 0 Å². The van der Waals surface area contributed by atoms with E-state index in [1.165, 1.54) is 12.8 Å². The maximum absolute atomic E-state index is 11.1. The molecule has 13 heavy (non-hydrogen) atoms. The van der Waals surface area contributed by atoms with E-state index in [1.807, 2.05) is 0 Å². The van der Waals surface area contributed by atoms with Gasteiger partial charge in [-0.15, -0.1) is 0 Å². The van der Waals surface area contributed by atoms with Crippen molar-refractivity contribution in [3.8, 4) is 0 Å². The second kappa shape index (κ2) is 5.22. The van der Waals surface area contributed by atoms with Crippen LogP contribution in [0, 0.1) is 5.92 Å². The third-order valence-corrected chi connectivity index (χ3v) is 2.06. The molecule has 3 nitrogen and oxygen atoms in total. The summed E-state index contributed by atoms with van der Waals surface area (Å²) in [5.74, 6) is 0.599. The molecule has 1 aliphatic carbocycles. The number of carbonyl (C=O) groups is 1. The van der Waals surface area contributed by atoms with Crippen LogP contribution >= 0.6 is 0 Å². The maximum atomic E-state index is 11.1. The lowest BCUT2D eigenvalue weighted by Gasteiger charge is -2.07. The minimum Gasteiger partial charge on any atom is -0.465 e. The lowest BCUT2D eigenvalue weighted by molar-refractivity contribution is -0.144. The Balaban J connectivity index is 1.90. The molecule has 1 fully saturated rings. The molecule has 0 spiro atoms. The monoisotopic (exact) mass is 185 g/mol. The number of ether oxygens (including phenoxy) is 1. The Morgan fingerprint density at radius 1 is 1.54 bits per heavy atom. The summed E-state index contributed by atoms with van der Waals surface area (Å²) >= 11 is 0. The Morgan fingerprint density at radius 3 is 2.77 bits per heavy atom. The fourth-order valence-corrected chi connectivity index (χ4v) is 1.03. The summed E-state index contributed by atoms with van der Waals surface area (Å²) in [5, 5.41) is 3.18. The predicted molar refractivity (Wildman–Crippen MR) is 51.4 cm³/mol. The Bertz CT molecular complexity index is 164. The van der Waals surface area contributed by atoms with E-state index >= 15 is 0 Å². The van der Waals surface area contributed by atoms with Gasteiger partial charge in [0.05, 0.1) is 13.0 Å². The van der Waals surface area contributed by atoms with Crippen molar-refractivity contribution in [3.05, 3.63) is 0 Å². The largest absolute Gasteiger partial charge is 0.465 e. The van der Waals surface area contributed by atoms with Crippen LogP contribution in [-0.2, 0) is 9.53 Å². The zero-order valence-corrected chi connectivity index (χ0v) is 8.51. The summed E-state index contributed by atoms with van der Waals surface area (Å²) in [7, 11) is 0. The molecule has 0 aromatic rings. The molecule has 0 bridgehead atoms. The molecule has 0 radical (unpaired) electrons. The van der Waals surface area contributed by atoms with Crippen molar-refractivity contribution in [2.24, 2.45) is 5.92 Å². The normalized spacial score (nSPS) is 16.2. The standard InChI is InChI=1S/C10H19NO2/c1-8(2)11-6-5-10(12)13-7-9-3-4-9/h8-9,11H,3-7H2,1-2H3. The molecular formula is C10H19NO2. The SMILES string of the molecule is CC(C)NCCC(=O)OCC1CC1. The van der Waals surface area contributed by atoms with Crippen LogP contribution in [0.25, 0.3) is 0 Å². The van der Waals surface area contributed by atoms with Crippen molar-refractivity contribution in [3.63, 3.8) is 0 Å². The molecule has 0 saturated heterocycles. The van der Waals surface area contributed by atoms with Gasteiger partial charge in [-0.25, -0.2) is 0 Å². The van der Waals surface area contributed by atoms with E-state index in [1.54, 1.807) is 0 Å². The van der Waals surface area contributed by atoms with Crippen molar-refractivity contribution in [1.82, 2.24) is 5.32 Å². The van der Waals surface area contributed by atoms with Crippen LogP contribution < -0.4 is 5.32 Å². The fraction of sp³-hybridized carbons (Fsp3) is 0.900. The molecule has 1 saturated carbocycles. The first-order valence-corrected chi connectivity index (χ1v) is 5.07. The van der Waals surface area contributed by atoms with Crippen molar-refractivity contribution >= 4 is 5.97 Å². The van der Waals surface area contributed by atoms with Crippen LogP contribution in [0.5, 0.6) is 0 Å². The van der Waals surface area contributed by atoms with Gasteiger partial charge < -0.3 is 10.1 Å². The number of hydrogen-bond donors (Lipinski definition) is 1. The second-order valence-corrected chi connectivity index (χ2v) is 3.99. The number of rotatable bonds is 6. The Labute approximate surface area is 79.8 Å². The number of hydrogen-bond acceptors (Lipinski definition) is 3. The first-order valence-electron chi connectivity index (χ1n) is 5.07. The van der Waals surface area contributed by atoms with Gasteiger partial charge in [-0.2, -0.15) is 0 Å². The van der Waals surface area contributed by atoms with Gasteiger partial charge in [0.2, 0.25) is 0 Å². The van der Waals surface area contributed by atoms with Crippen LogP contribution in [0.3, 0.4) is 0 Å². The smallest absolute Gasteiger partial charge is 0.307 e. The third-order valence-electron chi connectivity index (χ3n) is 2.06. The van der Waals surface area contributed by atoms with Crippen LogP contribution in [0.1, 0.15) is 33.1 Å². The zero-order valence-electron chi connectivity index (χ0n) is 8.51. The summed E-state index contributed by atoms with van der Waals surface area (Å²) in [6.07, 6.45) is 2.96. The molecule has 1 rings (SSSR count). The minimum atomic E-state index is -0.0694. The lowest BCUT2D eigenvalue weighted by Crippen LogP contribution is -2.26. The van der Waals surface area contributed by atoms with Crippen molar-refractivity contribution in [1.29, 1.82) is 0 Å². The van der Waals surface area contributed by atoms with Crippen LogP contribution in [-0.4, -0.2) is 25.2 Å². The van der Waals surface area contributed by atoms with Crippen molar-refractivity contribution < 1.29 is 9.53 Å². The van der Waals surface area contributed by atoms with Gasteiger partial charge in [0, 0.05) is 12.6 Å². The average molecular weight is 185 g/mol. The first kappa shape index (κ1) is 10.5.